The number of nitrogens with zero attached hydrogens (tertiary/aromatic N) is 1. The van der Waals surface area contributed by atoms with Crippen molar-refractivity contribution in [2.24, 2.45) is 5.92 Å². The summed E-state index contributed by atoms with van der Waals surface area (Å²) in [5.41, 5.74) is 0.668. The quantitative estimate of drug-likeness (QED) is 0.881. The monoisotopic (exact) mass is 305 g/mol. The Kier molecular flexibility index (Phi) is 4.22. The van der Waals surface area contributed by atoms with Crippen molar-refractivity contribution in [3.63, 3.8) is 0 Å². The summed E-state index contributed by atoms with van der Waals surface area (Å²) in [6.45, 7) is 2.60. The summed E-state index contributed by atoms with van der Waals surface area (Å²) in [4.78, 5) is 16.0. The Morgan fingerprint density at radius 3 is 3.05 bits per heavy atom. The fourth-order valence-corrected chi connectivity index (χ4v) is 2.39. The van der Waals surface area contributed by atoms with Gasteiger partial charge in [-0.1, -0.05) is 11.6 Å². The molecular formula is C15H16ClN3O2. The van der Waals surface area contributed by atoms with Crippen LogP contribution in [0.25, 0.3) is 10.9 Å². The highest BCUT2D eigenvalue weighted by Gasteiger charge is 2.17. The number of nitrogens with one attached hydrogen (secondary N) is 2. The van der Waals surface area contributed by atoms with Gasteiger partial charge in [-0.3, -0.25) is 9.78 Å². The zero-order valence-electron chi connectivity index (χ0n) is 11.4. The third-order valence-electron chi connectivity index (χ3n) is 3.49. The fraction of sp³-hybridized carbons (Fsp3) is 0.333. The highest BCUT2D eigenvalue weighted by atomic mass is 35.5. The molecule has 0 unspecified atom stereocenters. The Hall–Kier alpha value is -1.85. The number of carbonyl (C=O) groups is 1. The van der Waals surface area contributed by atoms with Crippen molar-refractivity contribution < 1.29 is 9.53 Å². The van der Waals surface area contributed by atoms with Gasteiger partial charge in [-0.25, -0.2) is 0 Å². The first-order valence-electron chi connectivity index (χ1n) is 6.87. The maximum Gasteiger partial charge on any atom is 0.257 e. The lowest BCUT2D eigenvalue weighted by atomic mass is 10.0. The number of fused-ring (bicyclic) bond motifs is 1. The standard InChI is InChI=1S/C15H16ClN3O2/c16-12-3-4-13(15-11(12)2-1-5-18-15)21-9-14(20)19-8-10-6-17-7-10/h1-5,10,17H,6-9H2,(H,19,20). The van der Waals surface area contributed by atoms with Crippen LogP contribution in [0.4, 0.5) is 0 Å². The average molecular weight is 306 g/mol. The first-order chi connectivity index (χ1) is 10.2. The van der Waals surface area contributed by atoms with Gasteiger partial charge in [-0.05, 0) is 24.3 Å². The fourth-order valence-electron chi connectivity index (χ4n) is 2.17. The average Bonchev–Trinajstić information content (AvgIpc) is 2.45. The smallest absolute Gasteiger partial charge is 0.257 e. The van der Waals surface area contributed by atoms with E-state index in [1.54, 1.807) is 18.3 Å². The molecule has 0 aliphatic carbocycles. The predicted octanol–water partition coefficient (Wildman–Crippen LogP) is 1.60. The maximum atomic E-state index is 11.8. The number of halogens is 1. The maximum absolute atomic E-state index is 11.8. The molecule has 1 aromatic carbocycles. The van der Waals surface area contributed by atoms with Crippen molar-refractivity contribution in [1.29, 1.82) is 0 Å². The van der Waals surface area contributed by atoms with Crippen LogP contribution < -0.4 is 15.4 Å². The lowest BCUT2D eigenvalue weighted by Crippen LogP contribution is -2.48. The number of amides is 1. The van der Waals surface area contributed by atoms with Crippen LogP contribution in [-0.4, -0.2) is 37.1 Å². The van der Waals surface area contributed by atoms with Gasteiger partial charge in [0.2, 0.25) is 0 Å². The molecule has 3 rings (SSSR count). The summed E-state index contributed by atoms with van der Waals surface area (Å²) in [7, 11) is 0. The molecule has 2 heterocycles. The molecule has 2 N–H and O–H groups in total. The number of benzene rings is 1. The molecule has 1 aliphatic heterocycles. The van der Waals surface area contributed by atoms with E-state index in [0.29, 0.717) is 28.8 Å². The van der Waals surface area contributed by atoms with Gasteiger partial charge in [0.15, 0.2) is 6.61 Å². The molecule has 0 bridgehead atoms. The number of aromatic nitrogens is 1. The van der Waals surface area contributed by atoms with Gasteiger partial charge in [-0.15, -0.1) is 0 Å². The van der Waals surface area contributed by atoms with Gasteiger partial charge >= 0.3 is 0 Å². The lowest BCUT2D eigenvalue weighted by molar-refractivity contribution is -0.123. The molecule has 1 saturated heterocycles. The van der Waals surface area contributed by atoms with Crippen molar-refractivity contribution in [3.05, 3.63) is 35.5 Å². The molecule has 6 heteroatoms. The van der Waals surface area contributed by atoms with Crippen LogP contribution in [0.2, 0.25) is 5.02 Å². The zero-order chi connectivity index (χ0) is 14.7. The topological polar surface area (TPSA) is 63.2 Å². The molecule has 1 aliphatic rings. The van der Waals surface area contributed by atoms with E-state index in [1.165, 1.54) is 0 Å². The summed E-state index contributed by atoms with van der Waals surface area (Å²) in [6.07, 6.45) is 1.68. The Labute approximate surface area is 127 Å². The third-order valence-corrected chi connectivity index (χ3v) is 3.82. The number of rotatable bonds is 5. The van der Waals surface area contributed by atoms with Crippen LogP contribution >= 0.6 is 11.6 Å². The van der Waals surface area contributed by atoms with E-state index < -0.39 is 0 Å². The molecule has 5 nitrogen and oxygen atoms in total. The Morgan fingerprint density at radius 2 is 2.29 bits per heavy atom. The van der Waals surface area contributed by atoms with Crippen molar-refractivity contribution in [1.82, 2.24) is 15.6 Å². The number of hydrogen-bond donors (Lipinski definition) is 2. The minimum atomic E-state index is -0.124. The molecule has 1 aromatic heterocycles. The molecule has 2 aromatic rings. The summed E-state index contributed by atoms with van der Waals surface area (Å²) >= 11 is 6.12. The second-order valence-corrected chi connectivity index (χ2v) is 5.47. The van der Waals surface area contributed by atoms with Crippen LogP contribution in [0.15, 0.2) is 30.5 Å². The van der Waals surface area contributed by atoms with Crippen LogP contribution in [0.3, 0.4) is 0 Å². The number of carbonyl (C=O) groups excluding carboxylic acids is 1. The van der Waals surface area contributed by atoms with Crippen LogP contribution in [0, 0.1) is 5.92 Å². The number of ether oxygens (including phenoxy) is 1. The van der Waals surface area contributed by atoms with Gasteiger partial charge in [0.05, 0.1) is 5.02 Å². The van der Waals surface area contributed by atoms with Gasteiger partial charge < -0.3 is 15.4 Å². The van der Waals surface area contributed by atoms with E-state index in [2.05, 4.69) is 15.6 Å². The lowest BCUT2D eigenvalue weighted by Gasteiger charge is -2.27. The largest absolute Gasteiger partial charge is 0.481 e. The second-order valence-electron chi connectivity index (χ2n) is 5.06. The summed E-state index contributed by atoms with van der Waals surface area (Å²) in [5, 5.41) is 7.46. The van der Waals surface area contributed by atoms with E-state index in [-0.39, 0.29) is 12.5 Å². The van der Waals surface area contributed by atoms with E-state index in [0.717, 1.165) is 18.5 Å². The van der Waals surface area contributed by atoms with Gasteiger partial charge in [0.25, 0.3) is 5.91 Å². The molecule has 110 valence electrons. The van der Waals surface area contributed by atoms with Gasteiger partial charge in [0, 0.05) is 37.1 Å². The van der Waals surface area contributed by atoms with Gasteiger partial charge in [0.1, 0.15) is 11.3 Å². The van der Waals surface area contributed by atoms with Crippen molar-refractivity contribution in [2.75, 3.05) is 26.2 Å². The molecule has 0 atom stereocenters. The van der Waals surface area contributed by atoms with Crippen molar-refractivity contribution >= 4 is 28.4 Å². The number of hydrogen-bond acceptors (Lipinski definition) is 4. The van der Waals surface area contributed by atoms with Crippen molar-refractivity contribution in [3.8, 4) is 5.75 Å². The van der Waals surface area contributed by atoms with E-state index in [9.17, 15) is 4.79 Å². The summed E-state index contributed by atoms with van der Waals surface area (Å²) in [6, 6.07) is 7.18. The predicted molar refractivity (Wildman–Crippen MR) is 81.6 cm³/mol. The highest BCUT2D eigenvalue weighted by molar-refractivity contribution is 6.35. The summed E-state index contributed by atoms with van der Waals surface area (Å²) < 4.78 is 5.57. The first kappa shape index (κ1) is 14.1. The normalized spacial score (nSPS) is 14.7. The summed E-state index contributed by atoms with van der Waals surface area (Å²) in [5.74, 6) is 0.975. The van der Waals surface area contributed by atoms with E-state index in [4.69, 9.17) is 16.3 Å². The number of pyridine rings is 1. The Bertz CT molecular complexity index is 658. The zero-order valence-corrected chi connectivity index (χ0v) is 12.2. The molecule has 1 fully saturated rings. The minimum Gasteiger partial charge on any atom is -0.481 e. The van der Waals surface area contributed by atoms with Crippen LogP contribution in [0.5, 0.6) is 5.75 Å². The molecule has 0 spiro atoms. The van der Waals surface area contributed by atoms with E-state index in [1.807, 2.05) is 12.1 Å². The molecule has 21 heavy (non-hydrogen) atoms. The minimum absolute atomic E-state index is 0.0204. The Balaban J connectivity index is 1.62. The molecule has 0 saturated carbocycles. The second kappa shape index (κ2) is 6.28. The van der Waals surface area contributed by atoms with Crippen LogP contribution in [0.1, 0.15) is 0 Å². The highest BCUT2D eigenvalue weighted by Crippen LogP contribution is 2.29. The third kappa shape index (κ3) is 3.25. The molecular weight excluding hydrogens is 290 g/mol. The van der Waals surface area contributed by atoms with Gasteiger partial charge in [-0.2, -0.15) is 0 Å². The molecule has 1 amide bonds. The van der Waals surface area contributed by atoms with Crippen LogP contribution in [-0.2, 0) is 4.79 Å². The SMILES string of the molecule is O=C(COc1ccc(Cl)c2cccnc12)NCC1CNC1. The van der Waals surface area contributed by atoms with Crippen molar-refractivity contribution in [2.45, 2.75) is 0 Å². The van der Waals surface area contributed by atoms with E-state index >= 15 is 0 Å². The Morgan fingerprint density at radius 1 is 1.43 bits per heavy atom. The first-order valence-corrected chi connectivity index (χ1v) is 7.25. The molecule has 0 radical (unpaired) electrons.